The molecule has 0 aliphatic carbocycles. The zero-order valence-electron chi connectivity index (χ0n) is 10.5. The van der Waals surface area contributed by atoms with E-state index in [0.29, 0.717) is 10.8 Å². The molecule has 1 aromatic heterocycles. The van der Waals surface area contributed by atoms with Crippen molar-refractivity contribution in [1.29, 1.82) is 0 Å². The largest absolute Gasteiger partial charge is 0.491 e. The Balaban J connectivity index is 2.59. The van der Waals surface area contributed by atoms with Gasteiger partial charge in [-0.2, -0.15) is 0 Å². The Hall–Kier alpha value is -2.14. The van der Waals surface area contributed by atoms with Gasteiger partial charge < -0.3 is 10.5 Å². The van der Waals surface area contributed by atoms with Crippen molar-refractivity contribution in [3.63, 3.8) is 0 Å². The van der Waals surface area contributed by atoms with Crippen LogP contribution in [0.1, 0.15) is 17.4 Å². The van der Waals surface area contributed by atoms with Gasteiger partial charge >= 0.3 is 0 Å². The molecule has 98 valence electrons. The number of carbonyl (C=O) groups excluding carboxylic acids is 1. The van der Waals surface area contributed by atoms with Crippen LogP contribution in [0, 0.1) is 0 Å². The fourth-order valence-corrected chi connectivity index (χ4v) is 1.76. The van der Waals surface area contributed by atoms with Crippen molar-refractivity contribution in [3.8, 4) is 17.1 Å². The molecular weight excluding hydrogens is 266 g/mol. The summed E-state index contributed by atoms with van der Waals surface area (Å²) < 4.78 is 5.06. The van der Waals surface area contributed by atoms with Gasteiger partial charge in [0.1, 0.15) is 0 Å². The standard InChI is InChI=1S/C13H12ClN3O2/c1-7(18)10-11(19-2)12(15)17-13(16-10)8-3-5-9(14)6-4-8/h3-6H,1-2H3,(H2,15,16,17). The summed E-state index contributed by atoms with van der Waals surface area (Å²) in [7, 11) is 1.42. The van der Waals surface area contributed by atoms with Crippen LogP contribution in [-0.2, 0) is 0 Å². The number of Topliss-reactive ketones (excluding diaryl/α,β-unsaturated/α-hetero) is 1. The Morgan fingerprint density at radius 3 is 2.42 bits per heavy atom. The van der Waals surface area contributed by atoms with Crippen molar-refractivity contribution >= 4 is 23.2 Å². The molecule has 6 heteroatoms. The summed E-state index contributed by atoms with van der Waals surface area (Å²) in [6.45, 7) is 1.40. The summed E-state index contributed by atoms with van der Waals surface area (Å²) in [5, 5.41) is 0.608. The van der Waals surface area contributed by atoms with Crippen molar-refractivity contribution in [3.05, 3.63) is 35.0 Å². The Morgan fingerprint density at radius 2 is 1.89 bits per heavy atom. The van der Waals surface area contributed by atoms with Gasteiger partial charge in [-0.3, -0.25) is 4.79 Å². The molecule has 0 spiro atoms. The molecule has 0 amide bonds. The van der Waals surface area contributed by atoms with Crippen LogP contribution in [0.15, 0.2) is 24.3 Å². The second-order valence-electron chi connectivity index (χ2n) is 3.88. The highest BCUT2D eigenvalue weighted by molar-refractivity contribution is 6.30. The highest BCUT2D eigenvalue weighted by atomic mass is 35.5. The first-order valence-electron chi connectivity index (χ1n) is 5.51. The van der Waals surface area contributed by atoms with Gasteiger partial charge in [-0.15, -0.1) is 0 Å². The molecule has 0 atom stereocenters. The van der Waals surface area contributed by atoms with Crippen LogP contribution < -0.4 is 10.5 Å². The van der Waals surface area contributed by atoms with Gasteiger partial charge in [0, 0.05) is 17.5 Å². The van der Waals surface area contributed by atoms with Crippen LogP contribution in [0.3, 0.4) is 0 Å². The van der Waals surface area contributed by atoms with Gasteiger partial charge in [0.25, 0.3) is 0 Å². The van der Waals surface area contributed by atoms with Crippen molar-refractivity contribution < 1.29 is 9.53 Å². The molecule has 19 heavy (non-hydrogen) atoms. The number of hydrogen-bond acceptors (Lipinski definition) is 5. The summed E-state index contributed by atoms with van der Waals surface area (Å²) in [6, 6.07) is 6.95. The molecule has 2 aromatic rings. The maximum atomic E-state index is 11.6. The minimum atomic E-state index is -0.235. The van der Waals surface area contributed by atoms with E-state index in [2.05, 4.69) is 9.97 Å². The number of rotatable bonds is 3. The van der Waals surface area contributed by atoms with Crippen molar-refractivity contribution in [2.24, 2.45) is 0 Å². The first kappa shape index (κ1) is 13.3. The lowest BCUT2D eigenvalue weighted by Crippen LogP contribution is -2.08. The number of benzene rings is 1. The monoisotopic (exact) mass is 277 g/mol. The summed E-state index contributed by atoms with van der Waals surface area (Å²) in [6.07, 6.45) is 0. The van der Waals surface area contributed by atoms with Crippen LogP contribution in [0.2, 0.25) is 5.02 Å². The number of ketones is 1. The summed E-state index contributed by atoms with van der Waals surface area (Å²) in [5.74, 6) is 0.458. The second kappa shape index (κ2) is 5.24. The van der Waals surface area contributed by atoms with Crippen LogP contribution in [0.25, 0.3) is 11.4 Å². The molecule has 0 bridgehead atoms. The lowest BCUT2D eigenvalue weighted by molar-refractivity contribution is 0.101. The number of anilines is 1. The number of nitrogens with two attached hydrogens (primary N) is 1. The van der Waals surface area contributed by atoms with E-state index < -0.39 is 0 Å². The third-order valence-electron chi connectivity index (χ3n) is 2.53. The van der Waals surface area contributed by atoms with E-state index in [4.69, 9.17) is 22.1 Å². The normalized spacial score (nSPS) is 10.3. The van der Waals surface area contributed by atoms with E-state index in [1.807, 2.05) is 0 Å². The molecule has 5 nitrogen and oxygen atoms in total. The predicted molar refractivity (Wildman–Crippen MR) is 73.4 cm³/mol. The SMILES string of the molecule is COc1c(N)nc(-c2ccc(Cl)cc2)nc1C(C)=O. The van der Waals surface area contributed by atoms with Gasteiger partial charge in [-0.05, 0) is 24.3 Å². The second-order valence-corrected chi connectivity index (χ2v) is 4.31. The van der Waals surface area contributed by atoms with Gasteiger partial charge in [-0.25, -0.2) is 9.97 Å². The van der Waals surface area contributed by atoms with Crippen LogP contribution in [0.5, 0.6) is 5.75 Å². The van der Waals surface area contributed by atoms with E-state index in [0.717, 1.165) is 5.56 Å². The van der Waals surface area contributed by atoms with Gasteiger partial charge in [0.05, 0.1) is 7.11 Å². The van der Waals surface area contributed by atoms with Crippen LogP contribution in [-0.4, -0.2) is 22.9 Å². The van der Waals surface area contributed by atoms with E-state index in [1.54, 1.807) is 24.3 Å². The van der Waals surface area contributed by atoms with Gasteiger partial charge in [-0.1, -0.05) is 11.6 Å². The minimum absolute atomic E-state index is 0.132. The third-order valence-corrected chi connectivity index (χ3v) is 2.78. The Labute approximate surface area is 115 Å². The van der Waals surface area contributed by atoms with E-state index in [9.17, 15) is 4.79 Å². The Bertz CT molecular complexity index is 627. The number of halogens is 1. The molecular formula is C13H12ClN3O2. The number of aromatic nitrogens is 2. The highest BCUT2D eigenvalue weighted by Crippen LogP contribution is 2.27. The van der Waals surface area contributed by atoms with Crippen LogP contribution in [0.4, 0.5) is 5.82 Å². The molecule has 0 unspecified atom stereocenters. The number of carbonyl (C=O) groups is 1. The average Bonchev–Trinajstić information content (AvgIpc) is 2.38. The minimum Gasteiger partial charge on any atom is -0.491 e. The van der Waals surface area contributed by atoms with E-state index in [-0.39, 0.29) is 23.0 Å². The molecule has 0 fully saturated rings. The quantitative estimate of drug-likeness (QED) is 0.873. The number of hydrogen-bond donors (Lipinski definition) is 1. The number of ether oxygens (including phenoxy) is 1. The molecule has 1 heterocycles. The molecule has 2 N–H and O–H groups in total. The number of nitrogens with zero attached hydrogens (tertiary/aromatic N) is 2. The zero-order chi connectivity index (χ0) is 14.0. The van der Waals surface area contributed by atoms with Gasteiger partial charge in [0.15, 0.2) is 28.9 Å². The smallest absolute Gasteiger partial charge is 0.190 e. The van der Waals surface area contributed by atoms with Crippen molar-refractivity contribution in [2.75, 3.05) is 12.8 Å². The lowest BCUT2D eigenvalue weighted by atomic mass is 10.2. The van der Waals surface area contributed by atoms with Crippen LogP contribution >= 0.6 is 11.6 Å². The number of nitrogen functional groups attached to an aromatic ring is 1. The molecule has 0 saturated heterocycles. The summed E-state index contributed by atoms with van der Waals surface area (Å²) >= 11 is 5.82. The van der Waals surface area contributed by atoms with Crippen molar-refractivity contribution in [1.82, 2.24) is 9.97 Å². The fourth-order valence-electron chi connectivity index (χ4n) is 1.64. The van der Waals surface area contributed by atoms with Crippen molar-refractivity contribution in [2.45, 2.75) is 6.92 Å². The topological polar surface area (TPSA) is 78.1 Å². The Kier molecular flexibility index (Phi) is 3.66. The maximum Gasteiger partial charge on any atom is 0.190 e. The predicted octanol–water partition coefficient (Wildman–Crippen LogP) is 2.59. The average molecular weight is 278 g/mol. The first-order chi connectivity index (χ1) is 9.02. The molecule has 0 aliphatic heterocycles. The molecule has 0 saturated carbocycles. The molecule has 2 rings (SSSR count). The molecule has 0 radical (unpaired) electrons. The number of methoxy groups -OCH3 is 1. The fraction of sp³-hybridized carbons (Fsp3) is 0.154. The highest BCUT2D eigenvalue weighted by Gasteiger charge is 2.17. The zero-order valence-corrected chi connectivity index (χ0v) is 11.2. The van der Waals surface area contributed by atoms with E-state index >= 15 is 0 Å². The maximum absolute atomic E-state index is 11.6. The molecule has 1 aromatic carbocycles. The Morgan fingerprint density at radius 1 is 1.26 bits per heavy atom. The van der Waals surface area contributed by atoms with Gasteiger partial charge in [0.2, 0.25) is 0 Å². The summed E-state index contributed by atoms with van der Waals surface area (Å²) in [4.78, 5) is 19.9. The lowest BCUT2D eigenvalue weighted by Gasteiger charge is -2.09. The molecule has 0 aliphatic rings. The first-order valence-corrected chi connectivity index (χ1v) is 5.89. The van der Waals surface area contributed by atoms with E-state index in [1.165, 1.54) is 14.0 Å². The summed E-state index contributed by atoms with van der Waals surface area (Å²) in [5.41, 5.74) is 6.67. The third kappa shape index (κ3) is 2.66.